The molecule has 0 bridgehead atoms. The molecule has 0 radical (unpaired) electrons. The van der Waals surface area contributed by atoms with Crippen LogP contribution < -0.4 is 25.6 Å². The molecule has 0 aliphatic rings. The van der Waals surface area contributed by atoms with Gasteiger partial charge in [0.05, 0.1) is 7.11 Å². The van der Waals surface area contributed by atoms with Gasteiger partial charge in [-0.1, -0.05) is 12.1 Å². The van der Waals surface area contributed by atoms with Crippen molar-refractivity contribution < 1.29 is 23.9 Å². The maximum absolute atomic E-state index is 12.0. The van der Waals surface area contributed by atoms with E-state index < -0.39 is 11.8 Å². The highest BCUT2D eigenvalue weighted by Crippen LogP contribution is 2.17. The molecule has 3 amide bonds. The van der Waals surface area contributed by atoms with Crippen molar-refractivity contribution in [2.24, 2.45) is 0 Å². The van der Waals surface area contributed by atoms with E-state index in [9.17, 15) is 14.4 Å². The molecule has 8 nitrogen and oxygen atoms in total. The van der Waals surface area contributed by atoms with Crippen LogP contribution in [0.25, 0.3) is 0 Å². The van der Waals surface area contributed by atoms with Crippen LogP contribution in [0.3, 0.4) is 0 Å². The van der Waals surface area contributed by atoms with E-state index in [2.05, 4.69) is 16.2 Å². The van der Waals surface area contributed by atoms with E-state index in [1.165, 1.54) is 0 Å². The number of anilines is 1. The van der Waals surface area contributed by atoms with Crippen molar-refractivity contribution in [1.29, 1.82) is 0 Å². The number of benzene rings is 2. The van der Waals surface area contributed by atoms with Gasteiger partial charge in [-0.15, -0.1) is 0 Å². The average Bonchev–Trinajstić information content (AvgIpc) is 2.72. The molecule has 0 aromatic heterocycles. The van der Waals surface area contributed by atoms with E-state index in [0.717, 1.165) is 16.8 Å². The predicted octanol–water partition coefficient (Wildman–Crippen LogP) is 2.26. The van der Waals surface area contributed by atoms with E-state index >= 15 is 0 Å². The van der Waals surface area contributed by atoms with Crippen molar-refractivity contribution in [3.63, 3.8) is 0 Å². The first kappa shape index (κ1) is 21.7. The lowest BCUT2D eigenvalue weighted by Crippen LogP contribution is -2.44. The van der Waals surface area contributed by atoms with Crippen LogP contribution >= 0.6 is 0 Å². The van der Waals surface area contributed by atoms with Crippen molar-refractivity contribution in [1.82, 2.24) is 10.9 Å². The highest BCUT2D eigenvalue weighted by molar-refractivity contribution is 5.94. The van der Waals surface area contributed by atoms with Gasteiger partial charge >= 0.3 is 0 Å². The number of methoxy groups -OCH3 is 1. The predicted molar refractivity (Wildman–Crippen MR) is 109 cm³/mol. The number of nitrogens with one attached hydrogen (secondary N) is 3. The Bertz CT molecular complexity index is 865. The monoisotopic (exact) mass is 399 g/mol. The molecule has 3 N–H and O–H groups in total. The molecule has 2 rings (SSSR count). The second-order valence-electron chi connectivity index (χ2n) is 6.43. The second kappa shape index (κ2) is 10.7. The Morgan fingerprint density at radius 1 is 0.828 bits per heavy atom. The van der Waals surface area contributed by atoms with Crippen LogP contribution in [0.2, 0.25) is 0 Å². The number of carbonyl (C=O) groups is 3. The quantitative estimate of drug-likeness (QED) is 0.591. The van der Waals surface area contributed by atoms with E-state index in [1.54, 1.807) is 31.4 Å². The lowest BCUT2D eigenvalue weighted by atomic mass is 10.1. The summed E-state index contributed by atoms with van der Waals surface area (Å²) < 4.78 is 10.3. The van der Waals surface area contributed by atoms with Gasteiger partial charge in [0.1, 0.15) is 11.5 Å². The Kier molecular flexibility index (Phi) is 8.02. The number of amides is 3. The van der Waals surface area contributed by atoms with E-state index in [-0.39, 0.29) is 25.4 Å². The summed E-state index contributed by atoms with van der Waals surface area (Å²) in [5, 5.41) is 2.78. The maximum atomic E-state index is 12.0. The first-order chi connectivity index (χ1) is 13.9. The summed E-state index contributed by atoms with van der Waals surface area (Å²) in [6, 6.07) is 12.5. The standard InChI is InChI=1S/C21H25N3O5/c1-14-4-5-15(2)18(12-14)22-19(25)10-11-20(26)23-24-21(27)13-29-17-8-6-16(28-3)7-9-17/h4-9,12H,10-11,13H2,1-3H3,(H,22,25)(H,23,26)(H,24,27). The van der Waals surface area contributed by atoms with Gasteiger partial charge in [-0.2, -0.15) is 0 Å². The molecule has 0 fully saturated rings. The summed E-state index contributed by atoms with van der Waals surface area (Å²) in [5.74, 6) is -0.0954. The summed E-state index contributed by atoms with van der Waals surface area (Å²) in [5.41, 5.74) is 7.20. The third-order valence-electron chi connectivity index (χ3n) is 4.02. The van der Waals surface area contributed by atoms with E-state index in [4.69, 9.17) is 9.47 Å². The minimum Gasteiger partial charge on any atom is -0.497 e. The van der Waals surface area contributed by atoms with Crippen LogP contribution in [0.4, 0.5) is 5.69 Å². The zero-order valence-electron chi connectivity index (χ0n) is 16.7. The third kappa shape index (κ3) is 7.53. The van der Waals surface area contributed by atoms with Crippen molar-refractivity contribution in [2.45, 2.75) is 26.7 Å². The highest BCUT2D eigenvalue weighted by atomic mass is 16.5. The fourth-order valence-electron chi connectivity index (χ4n) is 2.37. The van der Waals surface area contributed by atoms with Gasteiger partial charge in [-0.05, 0) is 55.3 Å². The smallest absolute Gasteiger partial charge is 0.276 e. The zero-order chi connectivity index (χ0) is 21.2. The minimum absolute atomic E-state index is 0.00255. The van der Waals surface area contributed by atoms with Gasteiger partial charge in [0, 0.05) is 18.5 Å². The summed E-state index contributed by atoms with van der Waals surface area (Å²) in [6.07, 6.45) is -0.0618. The fraction of sp³-hybridized carbons (Fsp3) is 0.286. The van der Waals surface area contributed by atoms with Crippen molar-refractivity contribution in [2.75, 3.05) is 19.0 Å². The number of aryl methyl sites for hydroxylation is 2. The molecule has 8 heteroatoms. The molecule has 2 aromatic carbocycles. The summed E-state index contributed by atoms with van der Waals surface area (Å²) >= 11 is 0. The van der Waals surface area contributed by atoms with Crippen molar-refractivity contribution in [3.8, 4) is 11.5 Å². The van der Waals surface area contributed by atoms with Gasteiger partial charge in [-0.3, -0.25) is 25.2 Å². The Labute approximate surface area is 169 Å². The van der Waals surface area contributed by atoms with Crippen molar-refractivity contribution in [3.05, 3.63) is 53.6 Å². The molecule has 154 valence electrons. The first-order valence-electron chi connectivity index (χ1n) is 9.09. The SMILES string of the molecule is COc1ccc(OCC(=O)NNC(=O)CCC(=O)Nc2cc(C)ccc2C)cc1. The highest BCUT2D eigenvalue weighted by Gasteiger charge is 2.10. The van der Waals surface area contributed by atoms with Gasteiger partial charge in [0.25, 0.3) is 5.91 Å². The average molecular weight is 399 g/mol. The lowest BCUT2D eigenvalue weighted by Gasteiger charge is -2.10. The lowest BCUT2D eigenvalue weighted by molar-refractivity contribution is -0.130. The Morgan fingerprint density at radius 2 is 1.45 bits per heavy atom. The van der Waals surface area contributed by atoms with Gasteiger partial charge in [0.15, 0.2) is 6.61 Å². The molecule has 0 saturated heterocycles. The van der Waals surface area contributed by atoms with Crippen LogP contribution in [-0.4, -0.2) is 31.4 Å². The van der Waals surface area contributed by atoms with E-state index in [0.29, 0.717) is 11.5 Å². The molecule has 29 heavy (non-hydrogen) atoms. The van der Waals surface area contributed by atoms with Crippen LogP contribution in [0.5, 0.6) is 11.5 Å². The summed E-state index contributed by atoms with van der Waals surface area (Å²) in [7, 11) is 1.55. The molecular formula is C21H25N3O5. The Hall–Kier alpha value is -3.55. The van der Waals surface area contributed by atoms with Crippen LogP contribution in [0.1, 0.15) is 24.0 Å². The number of hydrogen-bond donors (Lipinski definition) is 3. The molecule has 0 aliphatic heterocycles. The first-order valence-corrected chi connectivity index (χ1v) is 9.09. The molecule has 0 atom stereocenters. The Morgan fingerprint density at radius 3 is 2.14 bits per heavy atom. The molecule has 0 saturated carbocycles. The minimum atomic E-state index is -0.519. The largest absolute Gasteiger partial charge is 0.497 e. The molecule has 0 heterocycles. The number of ether oxygens (including phenoxy) is 2. The van der Waals surface area contributed by atoms with Crippen LogP contribution in [0.15, 0.2) is 42.5 Å². The molecule has 2 aromatic rings. The molecule has 0 spiro atoms. The maximum Gasteiger partial charge on any atom is 0.276 e. The van der Waals surface area contributed by atoms with E-state index in [1.807, 2.05) is 32.0 Å². The zero-order valence-corrected chi connectivity index (χ0v) is 16.7. The third-order valence-corrected chi connectivity index (χ3v) is 4.02. The molecule has 0 unspecified atom stereocenters. The topological polar surface area (TPSA) is 106 Å². The second-order valence-corrected chi connectivity index (χ2v) is 6.43. The van der Waals surface area contributed by atoms with Gasteiger partial charge < -0.3 is 14.8 Å². The number of carbonyl (C=O) groups excluding carboxylic acids is 3. The van der Waals surface area contributed by atoms with Gasteiger partial charge in [0.2, 0.25) is 11.8 Å². The van der Waals surface area contributed by atoms with Crippen LogP contribution in [0, 0.1) is 13.8 Å². The summed E-state index contributed by atoms with van der Waals surface area (Å²) in [4.78, 5) is 35.6. The fourth-order valence-corrected chi connectivity index (χ4v) is 2.37. The van der Waals surface area contributed by atoms with Crippen molar-refractivity contribution >= 4 is 23.4 Å². The Balaban J connectivity index is 1.66. The number of hydrogen-bond acceptors (Lipinski definition) is 5. The number of rotatable bonds is 8. The molecule has 0 aliphatic carbocycles. The molecular weight excluding hydrogens is 374 g/mol. The summed E-state index contributed by atoms with van der Waals surface area (Å²) in [6.45, 7) is 3.56. The normalized spacial score (nSPS) is 10.0. The van der Waals surface area contributed by atoms with Gasteiger partial charge in [-0.25, -0.2) is 0 Å². The van der Waals surface area contributed by atoms with Crippen LogP contribution in [-0.2, 0) is 14.4 Å². The number of hydrazine groups is 1.